The minimum Gasteiger partial charge on any atom is -0.493 e. The average Bonchev–Trinajstić information content (AvgIpc) is 3.04. The lowest BCUT2D eigenvalue weighted by molar-refractivity contribution is -0.145. The maximum Gasteiger partial charge on any atom is 0.344 e. The van der Waals surface area contributed by atoms with Gasteiger partial charge in [0, 0.05) is 5.69 Å². The molecule has 1 saturated heterocycles. The molecule has 1 aliphatic heterocycles. The predicted octanol–water partition coefficient (Wildman–Crippen LogP) is 4.69. The smallest absolute Gasteiger partial charge is 0.344 e. The molecule has 11 heteroatoms. The molecule has 2 aromatic carbocycles. The van der Waals surface area contributed by atoms with E-state index in [0.717, 1.165) is 27.8 Å². The summed E-state index contributed by atoms with van der Waals surface area (Å²) in [7, 11) is 1.44. The summed E-state index contributed by atoms with van der Waals surface area (Å²) >= 11 is 4.13. The van der Waals surface area contributed by atoms with Crippen LogP contribution in [0.1, 0.15) is 23.6 Å². The number of carbonyl (C=O) groups excluding carboxylic acids is 4. The number of nitrogens with one attached hydrogen (secondary N) is 1. The Morgan fingerprint density at radius 1 is 1.11 bits per heavy atom. The van der Waals surface area contributed by atoms with Crippen LogP contribution in [0.2, 0.25) is 0 Å². The zero-order valence-electron chi connectivity index (χ0n) is 20.2. The van der Waals surface area contributed by atoms with Crippen molar-refractivity contribution in [2.75, 3.05) is 32.2 Å². The van der Waals surface area contributed by atoms with Crippen molar-refractivity contribution in [2.24, 2.45) is 0 Å². The summed E-state index contributed by atoms with van der Waals surface area (Å²) < 4.78 is 16.2. The number of esters is 1. The van der Waals surface area contributed by atoms with Gasteiger partial charge in [0.2, 0.25) is 5.91 Å². The van der Waals surface area contributed by atoms with Crippen LogP contribution in [0.4, 0.5) is 10.5 Å². The van der Waals surface area contributed by atoms with E-state index < -0.39 is 29.6 Å². The molecule has 0 radical (unpaired) electrons. The third-order valence-electron chi connectivity index (χ3n) is 4.87. The summed E-state index contributed by atoms with van der Waals surface area (Å²) in [6.07, 6.45) is 1.52. The molecule has 1 heterocycles. The van der Waals surface area contributed by atoms with Gasteiger partial charge >= 0.3 is 5.97 Å². The van der Waals surface area contributed by atoms with Crippen molar-refractivity contribution in [3.8, 4) is 11.5 Å². The maximum atomic E-state index is 12.9. The number of carbonyl (C=O) groups is 4. The van der Waals surface area contributed by atoms with Crippen molar-refractivity contribution in [2.45, 2.75) is 20.8 Å². The highest BCUT2D eigenvalue weighted by Gasteiger charge is 2.36. The average molecular weight is 577 g/mol. The molecule has 36 heavy (non-hydrogen) atoms. The Labute approximate surface area is 221 Å². The number of imide groups is 1. The molecule has 0 saturated carbocycles. The third kappa shape index (κ3) is 6.88. The molecule has 0 aromatic heterocycles. The quantitative estimate of drug-likeness (QED) is 0.338. The van der Waals surface area contributed by atoms with Gasteiger partial charge in [-0.2, -0.15) is 0 Å². The van der Waals surface area contributed by atoms with E-state index in [9.17, 15) is 19.2 Å². The number of halogens is 1. The number of methoxy groups -OCH3 is 1. The van der Waals surface area contributed by atoms with Gasteiger partial charge in [-0.25, -0.2) is 4.79 Å². The first-order valence-electron chi connectivity index (χ1n) is 10.9. The number of thioether (sulfide) groups is 1. The highest BCUT2D eigenvalue weighted by molar-refractivity contribution is 9.10. The Morgan fingerprint density at radius 2 is 1.81 bits per heavy atom. The second kappa shape index (κ2) is 12.1. The lowest BCUT2D eigenvalue weighted by Crippen LogP contribution is -2.36. The number of anilines is 1. The molecule has 9 nitrogen and oxygen atoms in total. The first-order chi connectivity index (χ1) is 17.1. The number of nitrogens with zero attached hydrogens (tertiary/aromatic N) is 1. The van der Waals surface area contributed by atoms with E-state index >= 15 is 0 Å². The molecule has 1 fully saturated rings. The minimum atomic E-state index is -0.571. The van der Waals surface area contributed by atoms with Crippen molar-refractivity contribution < 1.29 is 33.4 Å². The minimum absolute atomic E-state index is 0.161. The maximum absolute atomic E-state index is 12.9. The zero-order chi connectivity index (χ0) is 26.4. The molecule has 3 amide bonds. The summed E-state index contributed by atoms with van der Waals surface area (Å²) in [5, 5.41) is 2.19. The summed E-state index contributed by atoms with van der Waals surface area (Å²) in [6.45, 7) is 5.06. The number of ether oxygens (including phenoxy) is 3. The molecular weight excluding hydrogens is 552 g/mol. The molecule has 1 N–H and O–H groups in total. The Bertz CT molecular complexity index is 1220. The number of rotatable bonds is 9. The van der Waals surface area contributed by atoms with Crippen molar-refractivity contribution in [3.05, 3.63) is 56.4 Å². The molecule has 3 rings (SSSR count). The van der Waals surface area contributed by atoms with E-state index in [0.29, 0.717) is 27.2 Å². The fourth-order valence-electron chi connectivity index (χ4n) is 3.48. The molecule has 190 valence electrons. The van der Waals surface area contributed by atoms with Gasteiger partial charge < -0.3 is 19.5 Å². The summed E-state index contributed by atoms with van der Waals surface area (Å²) in [5.74, 6) is -0.967. The number of aryl methyl sites for hydroxylation is 2. The van der Waals surface area contributed by atoms with Gasteiger partial charge in [-0.05, 0) is 95.5 Å². The standard InChI is InChI=1S/C25H25BrN2O7S/c1-5-34-22(30)13-35-23-18(26)9-16(10-19(23)33-4)11-20-24(31)28(25(32)36-20)12-21(29)27-17-7-14(2)6-15(3)8-17/h6-11H,5,12-13H2,1-4H3,(H,27,29)/b20-11-. The van der Waals surface area contributed by atoms with Crippen LogP contribution >= 0.6 is 27.7 Å². The molecule has 0 bridgehead atoms. The molecular formula is C25H25BrN2O7S. The Morgan fingerprint density at radius 3 is 2.44 bits per heavy atom. The van der Waals surface area contributed by atoms with Crippen LogP contribution in [0.3, 0.4) is 0 Å². The van der Waals surface area contributed by atoms with E-state index in [-0.39, 0.29) is 18.1 Å². The lowest BCUT2D eigenvalue weighted by Gasteiger charge is -2.14. The van der Waals surface area contributed by atoms with E-state index in [2.05, 4.69) is 21.2 Å². The van der Waals surface area contributed by atoms with Crippen molar-refractivity contribution in [1.82, 2.24) is 4.90 Å². The fraction of sp³-hybridized carbons (Fsp3) is 0.280. The highest BCUT2D eigenvalue weighted by atomic mass is 79.9. The second-order valence-electron chi connectivity index (χ2n) is 7.82. The molecule has 0 aliphatic carbocycles. The van der Waals surface area contributed by atoms with Gasteiger partial charge in [-0.15, -0.1) is 0 Å². The first kappa shape index (κ1) is 27.3. The zero-order valence-corrected chi connectivity index (χ0v) is 22.6. The Balaban J connectivity index is 1.73. The number of hydrogen-bond acceptors (Lipinski definition) is 8. The predicted molar refractivity (Wildman–Crippen MR) is 140 cm³/mol. The number of benzene rings is 2. The second-order valence-corrected chi connectivity index (χ2v) is 9.67. The summed E-state index contributed by atoms with van der Waals surface area (Å²) in [5.41, 5.74) is 3.12. The largest absolute Gasteiger partial charge is 0.493 e. The van der Waals surface area contributed by atoms with Crippen LogP contribution in [0.25, 0.3) is 6.08 Å². The van der Waals surface area contributed by atoms with Gasteiger partial charge in [0.15, 0.2) is 18.1 Å². The van der Waals surface area contributed by atoms with Gasteiger partial charge in [-0.1, -0.05) is 6.07 Å². The van der Waals surface area contributed by atoms with Crippen LogP contribution in [-0.4, -0.2) is 54.8 Å². The van der Waals surface area contributed by atoms with E-state index in [1.54, 1.807) is 19.1 Å². The van der Waals surface area contributed by atoms with Gasteiger partial charge in [0.1, 0.15) is 6.54 Å². The van der Waals surface area contributed by atoms with E-state index in [4.69, 9.17) is 14.2 Å². The van der Waals surface area contributed by atoms with Crippen LogP contribution < -0.4 is 14.8 Å². The van der Waals surface area contributed by atoms with Crippen molar-refractivity contribution in [3.63, 3.8) is 0 Å². The third-order valence-corrected chi connectivity index (χ3v) is 6.37. The topological polar surface area (TPSA) is 111 Å². The van der Waals surface area contributed by atoms with Crippen molar-refractivity contribution >= 4 is 62.5 Å². The normalized spacial score (nSPS) is 14.2. The van der Waals surface area contributed by atoms with Crippen LogP contribution in [0.5, 0.6) is 11.5 Å². The molecule has 2 aromatic rings. The molecule has 1 aliphatic rings. The van der Waals surface area contributed by atoms with Crippen molar-refractivity contribution in [1.29, 1.82) is 0 Å². The first-order valence-corrected chi connectivity index (χ1v) is 12.5. The number of amides is 3. The van der Waals surface area contributed by atoms with Gasteiger partial charge in [0.05, 0.1) is 23.1 Å². The Hall–Kier alpha value is -3.31. The molecule has 0 unspecified atom stereocenters. The van der Waals surface area contributed by atoms with E-state index in [1.165, 1.54) is 13.2 Å². The van der Waals surface area contributed by atoms with Crippen LogP contribution in [0.15, 0.2) is 39.7 Å². The Kier molecular flexibility index (Phi) is 9.16. The van der Waals surface area contributed by atoms with E-state index in [1.807, 2.05) is 32.0 Å². The van der Waals surface area contributed by atoms with Gasteiger partial charge in [0.25, 0.3) is 11.1 Å². The fourth-order valence-corrected chi connectivity index (χ4v) is 4.89. The SMILES string of the molecule is CCOC(=O)COc1c(Br)cc(/C=C2\SC(=O)N(CC(=O)Nc3cc(C)cc(C)c3)C2=O)cc1OC. The molecule has 0 atom stereocenters. The van der Waals surface area contributed by atoms with Crippen LogP contribution in [0, 0.1) is 13.8 Å². The summed E-state index contributed by atoms with van der Waals surface area (Å²) in [6, 6.07) is 8.85. The van der Waals surface area contributed by atoms with Gasteiger partial charge in [-0.3, -0.25) is 19.3 Å². The monoisotopic (exact) mass is 576 g/mol. The number of hydrogen-bond donors (Lipinski definition) is 1. The summed E-state index contributed by atoms with van der Waals surface area (Å²) in [4.78, 5) is 50.5. The lowest BCUT2D eigenvalue weighted by atomic mass is 10.1. The van der Waals surface area contributed by atoms with Crippen LogP contribution in [-0.2, 0) is 19.1 Å². The molecule has 0 spiro atoms. The highest BCUT2D eigenvalue weighted by Crippen LogP contribution is 2.39.